The van der Waals surface area contributed by atoms with Crippen molar-refractivity contribution in [1.29, 1.82) is 0 Å². The number of nitrogens with two attached hydrogens (primary N) is 1. The van der Waals surface area contributed by atoms with E-state index in [1.165, 1.54) is 40.3 Å². The molecule has 0 radical (unpaired) electrons. The van der Waals surface area contributed by atoms with Crippen LogP contribution in [-0.2, 0) is 10.0 Å². The van der Waals surface area contributed by atoms with Crippen LogP contribution in [0, 0.1) is 0 Å². The van der Waals surface area contributed by atoms with Crippen molar-refractivity contribution in [2.24, 2.45) is 0 Å². The fraction of sp³-hybridized carbons (Fsp3) is 0.500. The van der Waals surface area contributed by atoms with Crippen molar-refractivity contribution in [2.45, 2.75) is 17.9 Å². The number of sulfonamides is 1. The van der Waals surface area contributed by atoms with E-state index < -0.39 is 16.1 Å². The lowest BCUT2D eigenvalue weighted by Gasteiger charge is -2.20. The summed E-state index contributed by atoms with van der Waals surface area (Å²) in [6, 6.07) is 2.70. The SMILES string of the molecule is COc1cc(OC)c(S(=O)(=O)N(C)CC(C)O)cc1N. The van der Waals surface area contributed by atoms with Gasteiger partial charge in [-0.25, -0.2) is 8.42 Å². The topological polar surface area (TPSA) is 102 Å². The summed E-state index contributed by atoms with van der Waals surface area (Å²) in [5, 5.41) is 9.31. The van der Waals surface area contributed by atoms with Crippen LogP contribution in [0.3, 0.4) is 0 Å². The average molecular weight is 304 g/mol. The van der Waals surface area contributed by atoms with Crippen molar-refractivity contribution in [3.8, 4) is 11.5 Å². The Balaban J connectivity index is 3.34. The third-order valence-corrected chi connectivity index (χ3v) is 4.57. The van der Waals surface area contributed by atoms with E-state index >= 15 is 0 Å². The minimum absolute atomic E-state index is 0.0303. The zero-order valence-electron chi connectivity index (χ0n) is 12.0. The molecule has 0 heterocycles. The number of benzene rings is 1. The Labute approximate surface area is 119 Å². The van der Waals surface area contributed by atoms with Crippen molar-refractivity contribution in [2.75, 3.05) is 33.5 Å². The van der Waals surface area contributed by atoms with Crippen LogP contribution < -0.4 is 15.2 Å². The zero-order valence-corrected chi connectivity index (χ0v) is 12.8. The van der Waals surface area contributed by atoms with Gasteiger partial charge >= 0.3 is 0 Å². The summed E-state index contributed by atoms with van der Waals surface area (Å²) in [4.78, 5) is -0.0681. The summed E-state index contributed by atoms with van der Waals surface area (Å²) in [5.74, 6) is 0.465. The fourth-order valence-corrected chi connectivity index (χ4v) is 3.15. The van der Waals surface area contributed by atoms with Crippen LogP contribution in [0.4, 0.5) is 5.69 Å². The summed E-state index contributed by atoms with van der Waals surface area (Å²) >= 11 is 0. The number of hydrogen-bond acceptors (Lipinski definition) is 6. The maximum absolute atomic E-state index is 12.4. The van der Waals surface area contributed by atoms with E-state index in [9.17, 15) is 13.5 Å². The molecule has 0 aromatic heterocycles. The maximum atomic E-state index is 12.4. The first-order chi connectivity index (χ1) is 9.23. The van der Waals surface area contributed by atoms with Crippen molar-refractivity contribution in [1.82, 2.24) is 4.31 Å². The van der Waals surface area contributed by atoms with Gasteiger partial charge in [0, 0.05) is 19.7 Å². The summed E-state index contributed by atoms with van der Waals surface area (Å²) < 4.78 is 36.0. The third-order valence-electron chi connectivity index (χ3n) is 2.73. The number of anilines is 1. The normalized spacial score (nSPS) is 13.3. The van der Waals surface area contributed by atoms with Crippen molar-refractivity contribution in [3.63, 3.8) is 0 Å². The van der Waals surface area contributed by atoms with Crippen LogP contribution in [0.15, 0.2) is 17.0 Å². The molecule has 3 N–H and O–H groups in total. The summed E-state index contributed by atoms with van der Waals surface area (Å²) in [7, 11) is 0.355. The van der Waals surface area contributed by atoms with E-state index in [0.29, 0.717) is 5.75 Å². The van der Waals surface area contributed by atoms with Crippen LogP contribution in [0.1, 0.15) is 6.92 Å². The first-order valence-electron chi connectivity index (χ1n) is 5.90. The van der Waals surface area contributed by atoms with Gasteiger partial charge in [-0.15, -0.1) is 0 Å². The van der Waals surface area contributed by atoms with Crippen LogP contribution in [0.2, 0.25) is 0 Å². The number of nitrogens with zero attached hydrogens (tertiary/aromatic N) is 1. The quantitative estimate of drug-likeness (QED) is 0.732. The van der Waals surface area contributed by atoms with Crippen molar-refractivity contribution in [3.05, 3.63) is 12.1 Å². The molecule has 8 heteroatoms. The number of aliphatic hydroxyl groups excluding tert-OH is 1. The molecule has 1 rings (SSSR count). The summed E-state index contributed by atoms with van der Waals surface area (Å²) in [6.45, 7) is 1.48. The molecule has 0 fully saturated rings. The maximum Gasteiger partial charge on any atom is 0.246 e. The van der Waals surface area contributed by atoms with E-state index in [0.717, 1.165) is 4.31 Å². The van der Waals surface area contributed by atoms with E-state index in [1.54, 1.807) is 0 Å². The summed E-state index contributed by atoms with van der Waals surface area (Å²) in [6.07, 6.45) is -0.781. The zero-order chi connectivity index (χ0) is 15.5. The van der Waals surface area contributed by atoms with Crippen LogP contribution in [0.5, 0.6) is 11.5 Å². The van der Waals surface area contributed by atoms with E-state index in [-0.39, 0.29) is 22.9 Å². The fourth-order valence-electron chi connectivity index (χ4n) is 1.73. The van der Waals surface area contributed by atoms with E-state index in [2.05, 4.69) is 0 Å². The number of ether oxygens (including phenoxy) is 2. The molecule has 0 saturated heterocycles. The molecule has 0 amide bonds. The molecule has 7 nitrogen and oxygen atoms in total. The second-order valence-corrected chi connectivity index (χ2v) is 6.39. The lowest BCUT2D eigenvalue weighted by Crippen LogP contribution is -2.33. The Morgan fingerprint density at radius 1 is 1.30 bits per heavy atom. The van der Waals surface area contributed by atoms with E-state index in [4.69, 9.17) is 15.2 Å². The Morgan fingerprint density at radius 3 is 2.30 bits per heavy atom. The van der Waals surface area contributed by atoms with Gasteiger partial charge in [-0.1, -0.05) is 0 Å². The first-order valence-corrected chi connectivity index (χ1v) is 7.34. The van der Waals surface area contributed by atoms with Gasteiger partial charge in [0.1, 0.15) is 16.4 Å². The van der Waals surface area contributed by atoms with Gasteiger partial charge in [0.15, 0.2) is 0 Å². The molecule has 0 spiro atoms. The average Bonchev–Trinajstić information content (AvgIpc) is 2.37. The molecular weight excluding hydrogens is 284 g/mol. The monoisotopic (exact) mass is 304 g/mol. The number of hydrogen-bond donors (Lipinski definition) is 2. The lowest BCUT2D eigenvalue weighted by molar-refractivity contribution is 0.171. The number of methoxy groups -OCH3 is 2. The third kappa shape index (κ3) is 3.33. The summed E-state index contributed by atoms with van der Waals surface area (Å²) in [5.41, 5.74) is 5.93. The largest absolute Gasteiger partial charge is 0.495 e. The highest BCUT2D eigenvalue weighted by Crippen LogP contribution is 2.34. The van der Waals surface area contributed by atoms with Crippen molar-refractivity contribution >= 4 is 15.7 Å². The standard InChI is InChI=1S/C12H20N2O5S/c1-8(15)7-14(2)20(16,17)12-5-9(13)10(18-3)6-11(12)19-4/h5-6,8,15H,7,13H2,1-4H3. The minimum Gasteiger partial charge on any atom is -0.495 e. The molecule has 0 aliphatic heterocycles. The molecule has 1 unspecified atom stereocenters. The highest BCUT2D eigenvalue weighted by Gasteiger charge is 2.27. The van der Waals surface area contributed by atoms with Gasteiger partial charge < -0.3 is 20.3 Å². The molecule has 0 aliphatic carbocycles. The Hall–Kier alpha value is -1.51. The van der Waals surface area contributed by atoms with Gasteiger partial charge in [-0.05, 0) is 13.0 Å². The molecule has 1 aromatic rings. The molecule has 1 atom stereocenters. The number of nitrogen functional groups attached to an aromatic ring is 1. The second-order valence-electron chi connectivity index (χ2n) is 4.38. The highest BCUT2D eigenvalue weighted by atomic mass is 32.2. The molecule has 0 saturated carbocycles. The molecule has 0 aliphatic rings. The molecular formula is C12H20N2O5S. The molecule has 0 bridgehead atoms. The number of aliphatic hydroxyl groups is 1. The van der Waals surface area contributed by atoms with E-state index in [1.807, 2.05) is 0 Å². The smallest absolute Gasteiger partial charge is 0.246 e. The number of likely N-dealkylation sites (N-methyl/N-ethyl adjacent to an activating group) is 1. The molecule has 20 heavy (non-hydrogen) atoms. The minimum atomic E-state index is -3.81. The van der Waals surface area contributed by atoms with Gasteiger partial charge in [0.05, 0.1) is 26.0 Å². The number of rotatable bonds is 6. The van der Waals surface area contributed by atoms with Crippen molar-refractivity contribution < 1.29 is 23.0 Å². The van der Waals surface area contributed by atoms with Crippen LogP contribution in [0.25, 0.3) is 0 Å². The second kappa shape index (κ2) is 6.29. The Kier molecular flexibility index (Phi) is 5.21. The molecule has 114 valence electrons. The van der Waals surface area contributed by atoms with Crippen LogP contribution >= 0.6 is 0 Å². The predicted octanol–water partition coefficient (Wildman–Crippen LogP) is 0.287. The van der Waals surface area contributed by atoms with Crippen LogP contribution in [-0.4, -0.2) is 51.7 Å². The van der Waals surface area contributed by atoms with Gasteiger partial charge in [0.25, 0.3) is 0 Å². The highest BCUT2D eigenvalue weighted by molar-refractivity contribution is 7.89. The Morgan fingerprint density at radius 2 is 1.85 bits per heavy atom. The van der Waals surface area contributed by atoms with Gasteiger partial charge in [0.2, 0.25) is 10.0 Å². The van der Waals surface area contributed by atoms with Gasteiger partial charge in [-0.3, -0.25) is 0 Å². The molecule has 1 aromatic carbocycles. The lowest BCUT2D eigenvalue weighted by atomic mass is 10.3. The van der Waals surface area contributed by atoms with Gasteiger partial charge in [-0.2, -0.15) is 4.31 Å². The first kappa shape index (κ1) is 16.5. The predicted molar refractivity (Wildman–Crippen MR) is 75.5 cm³/mol. The Bertz CT molecular complexity index is 571.